The van der Waals surface area contributed by atoms with Crippen molar-refractivity contribution in [1.29, 1.82) is 0 Å². The molecule has 0 saturated carbocycles. The maximum Gasteiger partial charge on any atom is 0.293 e. The van der Waals surface area contributed by atoms with E-state index in [2.05, 4.69) is 4.98 Å². The van der Waals surface area contributed by atoms with Crippen LogP contribution in [0.25, 0.3) is 22.2 Å². The molecule has 8 nitrogen and oxygen atoms in total. The summed E-state index contributed by atoms with van der Waals surface area (Å²) >= 11 is 0. The molecule has 0 unspecified atom stereocenters. The van der Waals surface area contributed by atoms with Crippen LogP contribution in [-0.4, -0.2) is 39.8 Å². The van der Waals surface area contributed by atoms with E-state index in [-0.39, 0.29) is 24.5 Å². The van der Waals surface area contributed by atoms with E-state index in [0.717, 1.165) is 6.42 Å². The number of nitro benzene ring substituents is 1. The monoisotopic (exact) mass is 383 g/mol. The van der Waals surface area contributed by atoms with Crippen LogP contribution in [0.5, 0.6) is 5.75 Å². The number of aromatic hydroxyl groups is 1. The fourth-order valence-electron chi connectivity index (χ4n) is 3.27. The van der Waals surface area contributed by atoms with Crippen molar-refractivity contribution in [2.24, 2.45) is 0 Å². The quantitative estimate of drug-likeness (QED) is 0.426. The summed E-state index contributed by atoms with van der Waals surface area (Å²) in [6.45, 7) is 2.64. The number of aromatic amines is 1. The molecule has 0 aliphatic heterocycles. The Balaban J connectivity index is 2.18. The summed E-state index contributed by atoms with van der Waals surface area (Å²) in [5.74, 6) is -0.485. The number of aromatic nitrogens is 1. The largest absolute Gasteiger partial charge is 0.503 e. The first-order chi connectivity index (χ1) is 13.5. The Hall–Kier alpha value is -3.39. The molecule has 0 radical (unpaired) electrons. The van der Waals surface area contributed by atoms with Crippen LogP contribution in [0.15, 0.2) is 47.3 Å². The molecule has 0 spiro atoms. The Kier molecular flexibility index (Phi) is 5.60. The number of anilines is 1. The minimum absolute atomic E-state index is 0.127. The first-order valence-corrected chi connectivity index (χ1v) is 8.96. The number of pyridine rings is 1. The van der Waals surface area contributed by atoms with Crippen molar-refractivity contribution in [3.05, 3.63) is 62.8 Å². The molecule has 0 saturated heterocycles. The van der Waals surface area contributed by atoms with Crippen molar-refractivity contribution in [2.75, 3.05) is 24.6 Å². The minimum atomic E-state index is -0.538. The molecule has 8 heteroatoms. The lowest BCUT2D eigenvalue weighted by Gasteiger charge is -2.23. The Bertz CT molecular complexity index is 1070. The van der Waals surface area contributed by atoms with Crippen molar-refractivity contribution in [3.63, 3.8) is 0 Å². The zero-order valence-electron chi connectivity index (χ0n) is 15.4. The van der Waals surface area contributed by atoms with Crippen LogP contribution < -0.4 is 10.3 Å². The lowest BCUT2D eigenvalue weighted by molar-refractivity contribution is -0.384. The zero-order chi connectivity index (χ0) is 20.3. The predicted octanol–water partition coefficient (Wildman–Crippen LogP) is 3.02. The molecule has 146 valence electrons. The van der Waals surface area contributed by atoms with Crippen molar-refractivity contribution in [1.82, 2.24) is 4.98 Å². The van der Waals surface area contributed by atoms with Gasteiger partial charge in [-0.1, -0.05) is 25.1 Å². The molecule has 0 fully saturated rings. The third kappa shape index (κ3) is 3.54. The van der Waals surface area contributed by atoms with Gasteiger partial charge in [0.2, 0.25) is 5.43 Å². The predicted molar refractivity (Wildman–Crippen MR) is 108 cm³/mol. The van der Waals surface area contributed by atoms with Gasteiger partial charge >= 0.3 is 0 Å². The van der Waals surface area contributed by atoms with Gasteiger partial charge < -0.3 is 20.1 Å². The number of nitro groups is 1. The minimum Gasteiger partial charge on any atom is -0.503 e. The highest BCUT2D eigenvalue weighted by atomic mass is 16.6. The van der Waals surface area contributed by atoms with Crippen molar-refractivity contribution in [3.8, 4) is 17.0 Å². The molecule has 0 aliphatic carbocycles. The van der Waals surface area contributed by atoms with E-state index in [1.807, 2.05) is 6.92 Å². The fourth-order valence-corrected chi connectivity index (χ4v) is 3.27. The van der Waals surface area contributed by atoms with Crippen LogP contribution in [0.4, 0.5) is 11.4 Å². The van der Waals surface area contributed by atoms with Gasteiger partial charge in [-0.25, -0.2) is 0 Å². The van der Waals surface area contributed by atoms with Gasteiger partial charge in [-0.3, -0.25) is 14.9 Å². The molecular weight excluding hydrogens is 362 g/mol. The number of benzene rings is 2. The SMILES string of the molecule is CCCN(CCO)c1ccc(-c2[nH]c3ccccc3c(=O)c2O)cc1[N+](=O)[O-]. The van der Waals surface area contributed by atoms with Crippen LogP contribution in [-0.2, 0) is 0 Å². The number of aliphatic hydroxyl groups is 1. The standard InChI is InChI=1S/C20H21N3O5/c1-2-9-22(10-11-24)16-8-7-13(12-17(16)23(27)28)18-20(26)19(25)14-5-3-4-6-15(14)21-18/h3-8,12,24,26H,2,9-11H2,1H3,(H,21,25). The third-order valence-electron chi connectivity index (χ3n) is 4.55. The second-order valence-corrected chi connectivity index (χ2v) is 6.39. The van der Waals surface area contributed by atoms with Gasteiger partial charge in [0.05, 0.1) is 17.2 Å². The Morgan fingerprint density at radius 2 is 1.93 bits per heavy atom. The Morgan fingerprint density at radius 1 is 1.18 bits per heavy atom. The molecule has 0 aliphatic rings. The molecule has 28 heavy (non-hydrogen) atoms. The van der Waals surface area contributed by atoms with Gasteiger partial charge in [0.1, 0.15) is 5.69 Å². The average Bonchev–Trinajstić information content (AvgIpc) is 2.70. The number of rotatable bonds is 7. The highest BCUT2D eigenvalue weighted by molar-refractivity contribution is 5.85. The van der Waals surface area contributed by atoms with Crippen molar-refractivity contribution >= 4 is 22.3 Å². The van der Waals surface area contributed by atoms with E-state index in [4.69, 9.17) is 0 Å². The highest BCUT2D eigenvalue weighted by Crippen LogP contribution is 2.35. The summed E-state index contributed by atoms with van der Waals surface area (Å²) < 4.78 is 0. The molecule has 3 rings (SSSR count). The molecule has 0 amide bonds. The number of fused-ring (bicyclic) bond motifs is 1. The van der Waals surface area contributed by atoms with E-state index in [1.54, 1.807) is 41.3 Å². The fraction of sp³-hybridized carbons (Fsp3) is 0.250. The van der Waals surface area contributed by atoms with E-state index < -0.39 is 16.1 Å². The van der Waals surface area contributed by atoms with E-state index in [0.29, 0.717) is 28.7 Å². The summed E-state index contributed by atoms with van der Waals surface area (Å²) in [6.07, 6.45) is 0.762. The maximum absolute atomic E-state index is 12.4. The van der Waals surface area contributed by atoms with E-state index >= 15 is 0 Å². The van der Waals surface area contributed by atoms with Crippen LogP contribution >= 0.6 is 0 Å². The topological polar surface area (TPSA) is 120 Å². The summed E-state index contributed by atoms with van der Waals surface area (Å²) in [7, 11) is 0. The number of para-hydroxylation sites is 1. The van der Waals surface area contributed by atoms with Gasteiger partial charge in [0, 0.05) is 35.6 Å². The van der Waals surface area contributed by atoms with Gasteiger partial charge in [0.15, 0.2) is 5.75 Å². The number of nitrogens with zero attached hydrogens (tertiary/aromatic N) is 2. The van der Waals surface area contributed by atoms with Gasteiger partial charge in [-0.05, 0) is 24.6 Å². The second-order valence-electron chi connectivity index (χ2n) is 6.39. The summed E-state index contributed by atoms with van der Waals surface area (Å²) in [6, 6.07) is 11.3. The molecule has 1 heterocycles. The number of nitrogens with one attached hydrogen (secondary N) is 1. The number of hydrogen-bond donors (Lipinski definition) is 3. The maximum atomic E-state index is 12.4. The first kappa shape index (κ1) is 19.4. The van der Waals surface area contributed by atoms with E-state index in [1.165, 1.54) is 6.07 Å². The number of aliphatic hydroxyl groups excluding tert-OH is 1. The lowest BCUT2D eigenvalue weighted by atomic mass is 10.1. The smallest absolute Gasteiger partial charge is 0.293 e. The Labute approximate surface area is 160 Å². The molecular formula is C20H21N3O5. The first-order valence-electron chi connectivity index (χ1n) is 8.96. The van der Waals surface area contributed by atoms with E-state index in [9.17, 15) is 25.1 Å². The van der Waals surface area contributed by atoms with Gasteiger partial charge in [0.25, 0.3) is 5.69 Å². The second kappa shape index (κ2) is 8.10. The lowest BCUT2D eigenvalue weighted by Crippen LogP contribution is -2.28. The molecule has 0 atom stereocenters. The molecule has 0 bridgehead atoms. The van der Waals surface area contributed by atoms with Gasteiger partial charge in [-0.15, -0.1) is 0 Å². The normalized spacial score (nSPS) is 10.9. The van der Waals surface area contributed by atoms with Crippen molar-refractivity contribution in [2.45, 2.75) is 13.3 Å². The van der Waals surface area contributed by atoms with Crippen LogP contribution in [0.2, 0.25) is 0 Å². The van der Waals surface area contributed by atoms with Crippen LogP contribution in [0, 0.1) is 10.1 Å². The Morgan fingerprint density at radius 3 is 2.61 bits per heavy atom. The van der Waals surface area contributed by atoms with Crippen LogP contribution in [0.1, 0.15) is 13.3 Å². The molecule has 2 aromatic carbocycles. The van der Waals surface area contributed by atoms with Gasteiger partial charge in [-0.2, -0.15) is 0 Å². The number of H-pyrrole nitrogens is 1. The number of hydrogen-bond acceptors (Lipinski definition) is 6. The van der Waals surface area contributed by atoms with Crippen LogP contribution in [0.3, 0.4) is 0 Å². The molecule has 3 aromatic rings. The zero-order valence-corrected chi connectivity index (χ0v) is 15.4. The molecule has 1 aromatic heterocycles. The third-order valence-corrected chi connectivity index (χ3v) is 4.55. The van der Waals surface area contributed by atoms with Crippen molar-refractivity contribution < 1.29 is 15.1 Å². The summed E-state index contributed by atoms with van der Waals surface area (Å²) in [5.41, 5.74) is 0.669. The highest BCUT2D eigenvalue weighted by Gasteiger charge is 2.22. The summed E-state index contributed by atoms with van der Waals surface area (Å²) in [5, 5.41) is 31.6. The average molecular weight is 383 g/mol. The molecule has 3 N–H and O–H groups in total. The summed E-state index contributed by atoms with van der Waals surface area (Å²) in [4.78, 5) is 28.3.